The average molecular weight is 147 g/mol. The van der Waals surface area contributed by atoms with Crippen LogP contribution in [0.25, 0.3) is 0 Å². The van der Waals surface area contributed by atoms with E-state index in [1.807, 2.05) is 20.8 Å². The molecule has 52 valence electrons. The summed E-state index contributed by atoms with van der Waals surface area (Å²) in [6.07, 6.45) is 0.827. The first-order valence-corrected chi connectivity index (χ1v) is 3.11. The van der Waals surface area contributed by atoms with E-state index in [4.69, 9.17) is 16.7 Å². The third-order valence-electron chi connectivity index (χ3n) is 0.850. The molecule has 1 N–H and O–H groups in total. The van der Waals surface area contributed by atoms with E-state index in [1.54, 1.807) is 0 Å². The van der Waals surface area contributed by atoms with Crippen molar-refractivity contribution in [3.63, 3.8) is 0 Å². The Bertz CT molecular complexity index is 147. The van der Waals surface area contributed by atoms with Crippen LogP contribution in [0.5, 0.6) is 0 Å². The number of hydrogen-bond acceptors (Lipinski definition) is 1. The van der Waals surface area contributed by atoms with Gasteiger partial charge in [-0.3, -0.25) is 0 Å². The van der Waals surface area contributed by atoms with Gasteiger partial charge in [0, 0.05) is 5.41 Å². The smallest absolute Gasteiger partial charge is 0.122 e. The van der Waals surface area contributed by atoms with Gasteiger partial charge in [-0.1, -0.05) is 38.1 Å². The van der Waals surface area contributed by atoms with Crippen LogP contribution >= 0.6 is 11.6 Å². The molecule has 0 unspecified atom stereocenters. The Labute approximate surface area is 60.6 Å². The Morgan fingerprint density at radius 3 is 2.11 bits per heavy atom. The summed E-state index contributed by atoms with van der Waals surface area (Å²) in [5, 5.41) is 8.79. The molecule has 0 aliphatic carbocycles. The zero-order valence-corrected chi connectivity index (χ0v) is 6.66. The largest absolute Gasteiger partial charge is 0.507 e. The molecule has 9 heavy (non-hydrogen) atoms. The minimum atomic E-state index is -0.110. The maximum absolute atomic E-state index is 8.26. The van der Waals surface area contributed by atoms with Gasteiger partial charge in [-0.15, -0.1) is 0 Å². The molecule has 0 bridgehead atoms. The molecule has 0 aromatic carbocycles. The summed E-state index contributed by atoms with van der Waals surface area (Å²) >= 11 is 5.67. The Morgan fingerprint density at radius 2 is 2.00 bits per heavy atom. The van der Waals surface area contributed by atoms with Crippen molar-refractivity contribution in [3.8, 4) is 0 Å². The summed E-state index contributed by atoms with van der Waals surface area (Å²) in [4.78, 5) is 0. The molecule has 0 radical (unpaired) electrons. The van der Waals surface area contributed by atoms with Crippen LogP contribution in [0.15, 0.2) is 17.0 Å². The highest BCUT2D eigenvalue weighted by Gasteiger charge is 2.13. The molecule has 0 saturated carbocycles. The van der Waals surface area contributed by atoms with Crippen molar-refractivity contribution in [1.82, 2.24) is 0 Å². The van der Waals surface area contributed by atoms with Gasteiger partial charge in [0.05, 0.1) is 5.03 Å². The topological polar surface area (TPSA) is 20.2 Å². The maximum Gasteiger partial charge on any atom is 0.122 e. The van der Waals surface area contributed by atoms with Gasteiger partial charge in [-0.25, -0.2) is 0 Å². The van der Waals surface area contributed by atoms with Crippen molar-refractivity contribution in [1.29, 1.82) is 0 Å². The third-order valence-corrected chi connectivity index (χ3v) is 1.53. The average Bonchev–Trinajstić information content (AvgIpc) is 1.64. The standard InChI is InChI=1S/C7H11ClO/c1-7(2,3)6(8)4-5-9/h5,9H,1-3H3. The Balaban J connectivity index is 4.40. The molecule has 0 rings (SSSR count). The van der Waals surface area contributed by atoms with Gasteiger partial charge in [-0.05, 0) is 0 Å². The number of halogens is 1. The number of aliphatic hydroxyl groups excluding tert-OH is 1. The summed E-state index contributed by atoms with van der Waals surface area (Å²) in [6, 6.07) is 0. The van der Waals surface area contributed by atoms with E-state index in [9.17, 15) is 0 Å². The Morgan fingerprint density at radius 1 is 1.56 bits per heavy atom. The summed E-state index contributed by atoms with van der Waals surface area (Å²) in [6.45, 7) is 5.85. The van der Waals surface area contributed by atoms with Crippen LogP contribution in [-0.4, -0.2) is 5.11 Å². The number of aliphatic hydroxyl groups is 1. The SMILES string of the molecule is CC(C)(C)C(Cl)=C=CO. The van der Waals surface area contributed by atoms with Crippen molar-refractivity contribution < 1.29 is 5.11 Å². The summed E-state index contributed by atoms with van der Waals surface area (Å²) in [5.41, 5.74) is 2.39. The first-order valence-electron chi connectivity index (χ1n) is 2.74. The molecule has 0 atom stereocenters. The van der Waals surface area contributed by atoms with Gasteiger partial charge in [-0.2, -0.15) is 0 Å². The molecule has 0 aromatic rings. The van der Waals surface area contributed by atoms with Gasteiger partial charge in [0.25, 0.3) is 0 Å². The van der Waals surface area contributed by atoms with Crippen LogP contribution in [0.2, 0.25) is 0 Å². The van der Waals surface area contributed by atoms with E-state index in [-0.39, 0.29) is 5.41 Å². The Hall–Kier alpha value is -0.390. The fourth-order valence-electron chi connectivity index (χ4n) is 0.273. The predicted octanol–water partition coefficient (Wildman–Crippen LogP) is 2.83. The highest BCUT2D eigenvalue weighted by molar-refractivity contribution is 6.30. The van der Waals surface area contributed by atoms with Crippen LogP contribution in [0.4, 0.5) is 0 Å². The molecule has 0 aliphatic rings. The second-order valence-electron chi connectivity index (χ2n) is 2.84. The molecule has 0 aliphatic heterocycles. The zero-order chi connectivity index (χ0) is 7.49. The van der Waals surface area contributed by atoms with Crippen molar-refractivity contribution >= 4 is 11.6 Å². The molecular formula is C7H11ClO. The van der Waals surface area contributed by atoms with Crippen molar-refractivity contribution in [3.05, 3.63) is 17.0 Å². The first-order chi connectivity index (χ1) is 3.98. The molecule has 1 nitrogen and oxygen atoms in total. The summed E-state index contributed by atoms with van der Waals surface area (Å²) in [5.74, 6) is 0. The van der Waals surface area contributed by atoms with Gasteiger partial charge in [0.1, 0.15) is 6.26 Å². The quantitative estimate of drug-likeness (QED) is 0.412. The van der Waals surface area contributed by atoms with Gasteiger partial charge in [0.2, 0.25) is 0 Å². The van der Waals surface area contributed by atoms with Crippen molar-refractivity contribution in [2.75, 3.05) is 0 Å². The van der Waals surface area contributed by atoms with Crippen LogP contribution in [-0.2, 0) is 0 Å². The lowest BCUT2D eigenvalue weighted by molar-refractivity contribution is 0.471. The van der Waals surface area contributed by atoms with E-state index in [1.165, 1.54) is 0 Å². The second-order valence-corrected chi connectivity index (χ2v) is 3.22. The molecular weight excluding hydrogens is 136 g/mol. The molecule has 0 fully saturated rings. The first kappa shape index (κ1) is 8.61. The lowest BCUT2D eigenvalue weighted by Crippen LogP contribution is -2.03. The molecule has 0 heterocycles. The normalized spacial score (nSPS) is 10.2. The van der Waals surface area contributed by atoms with Crippen molar-refractivity contribution in [2.24, 2.45) is 5.41 Å². The summed E-state index contributed by atoms with van der Waals surface area (Å²) < 4.78 is 0. The number of allylic oxidation sites excluding steroid dienone is 1. The fourth-order valence-corrected chi connectivity index (χ4v) is 0.322. The maximum atomic E-state index is 8.26. The molecule has 0 aromatic heterocycles. The predicted molar refractivity (Wildman–Crippen MR) is 39.5 cm³/mol. The van der Waals surface area contributed by atoms with Crippen LogP contribution in [0, 0.1) is 5.41 Å². The van der Waals surface area contributed by atoms with Crippen molar-refractivity contribution in [2.45, 2.75) is 20.8 Å². The molecule has 0 amide bonds. The second kappa shape index (κ2) is 2.95. The lowest BCUT2D eigenvalue weighted by atomic mass is 9.97. The fraction of sp³-hybridized carbons (Fsp3) is 0.571. The van der Waals surface area contributed by atoms with Gasteiger partial charge in [0.15, 0.2) is 0 Å². The zero-order valence-electron chi connectivity index (χ0n) is 5.90. The number of hydrogen-bond donors (Lipinski definition) is 1. The van der Waals surface area contributed by atoms with E-state index in [0.29, 0.717) is 5.03 Å². The van der Waals surface area contributed by atoms with E-state index in [0.717, 1.165) is 6.26 Å². The monoisotopic (exact) mass is 146 g/mol. The van der Waals surface area contributed by atoms with Crippen LogP contribution in [0.1, 0.15) is 20.8 Å². The number of rotatable bonds is 0. The summed E-state index contributed by atoms with van der Waals surface area (Å²) in [7, 11) is 0. The van der Waals surface area contributed by atoms with Crippen LogP contribution in [0.3, 0.4) is 0 Å². The lowest BCUT2D eigenvalue weighted by Gasteiger charge is -2.13. The minimum Gasteiger partial charge on any atom is -0.507 e. The highest BCUT2D eigenvalue weighted by atomic mass is 35.5. The van der Waals surface area contributed by atoms with E-state index < -0.39 is 0 Å². The Kier molecular flexibility index (Phi) is 2.83. The van der Waals surface area contributed by atoms with Gasteiger partial charge >= 0.3 is 0 Å². The molecule has 0 spiro atoms. The van der Waals surface area contributed by atoms with Gasteiger partial charge < -0.3 is 5.11 Å². The molecule has 2 heteroatoms. The van der Waals surface area contributed by atoms with Crippen LogP contribution < -0.4 is 0 Å². The minimum absolute atomic E-state index is 0.110. The van der Waals surface area contributed by atoms with E-state index in [2.05, 4.69) is 5.73 Å². The molecule has 0 saturated heterocycles. The third kappa shape index (κ3) is 3.23. The van der Waals surface area contributed by atoms with E-state index >= 15 is 0 Å². The highest BCUT2D eigenvalue weighted by Crippen LogP contribution is 2.26.